The zero-order chi connectivity index (χ0) is 19.4. The third-order valence-corrected chi connectivity index (χ3v) is 4.32. The molecule has 8 heteroatoms. The summed E-state index contributed by atoms with van der Waals surface area (Å²) in [5.74, 6) is -1.03. The summed E-state index contributed by atoms with van der Waals surface area (Å²) in [5.41, 5.74) is 1.30. The highest BCUT2D eigenvalue weighted by Crippen LogP contribution is 2.30. The van der Waals surface area contributed by atoms with Crippen LogP contribution in [-0.4, -0.2) is 35.3 Å². The van der Waals surface area contributed by atoms with Crippen LogP contribution in [0.15, 0.2) is 53.0 Å². The number of amides is 1. The maximum atomic E-state index is 14.0. The van der Waals surface area contributed by atoms with Gasteiger partial charge in [-0.2, -0.15) is 0 Å². The summed E-state index contributed by atoms with van der Waals surface area (Å²) >= 11 is 3.39. The quantitative estimate of drug-likeness (QED) is 0.548. The third-order valence-electron chi connectivity index (χ3n) is 3.83. The van der Waals surface area contributed by atoms with Gasteiger partial charge in [0.1, 0.15) is 17.7 Å². The third kappa shape index (κ3) is 4.58. The van der Waals surface area contributed by atoms with E-state index < -0.39 is 24.5 Å². The topological polar surface area (TPSA) is 74.2 Å². The molecule has 0 aliphatic rings. The van der Waals surface area contributed by atoms with Gasteiger partial charge in [-0.05, 0) is 36.4 Å². The number of halogens is 3. The molecule has 0 spiro atoms. The van der Waals surface area contributed by atoms with Crippen molar-refractivity contribution in [3.05, 3.63) is 64.5 Å². The molecule has 0 saturated heterocycles. The van der Waals surface area contributed by atoms with Crippen molar-refractivity contribution in [3.63, 3.8) is 0 Å². The van der Waals surface area contributed by atoms with Gasteiger partial charge in [-0.1, -0.05) is 28.1 Å². The van der Waals surface area contributed by atoms with E-state index in [4.69, 9.17) is 5.11 Å². The van der Waals surface area contributed by atoms with Crippen LogP contribution in [0.5, 0.6) is 0 Å². The molecular weight excluding hydrogens is 420 g/mol. The summed E-state index contributed by atoms with van der Waals surface area (Å²) in [4.78, 5) is 16.6. The number of rotatable bonds is 6. The van der Waals surface area contributed by atoms with E-state index in [0.29, 0.717) is 16.6 Å². The fourth-order valence-corrected chi connectivity index (χ4v) is 2.85. The van der Waals surface area contributed by atoms with E-state index >= 15 is 0 Å². The Morgan fingerprint density at radius 1 is 1.19 bits per heavy atom. The molecule has 0 saturated carbocycles. The van der Waals surface area contributed by atoms with Gasteiger partial charge < -0.3 is 15.7 Å². The first-order chi connectivity index (χ1) is 13.0. The van der Waals surface area contributed by atoms with Crippen LogP contribution in [0.4, 0.5) is 20.2 Å². The molecule has 1 aromatic heterocycles. The Kier molecular flexibility index (Phi) is 5.98. The SMILES string of the molecule is O=C(NC[C@@H](F)CO)c1cc(Nc2ccccc2F)c2cc(Br)ccc2n1. The van der Waals surface area contributed by atoms with Gasteiger partial charge in [0.25, 0.3) is 5.91 Å². The van der Waals surface area contributed by atoms with Crippen molar-refractivity contribution in [1.29, 1.82) is 0 Å². The number of fused-ring (bicyclic) bond motifs is 1. The number of nitrogens with one attached hydrogen (secondary N) is 2. The van der Waals surface area contributed by atoms with Crippen molar-refractivity contribution in [1.82, 2.24) is 10.3 Å². The molecule has 3 N–H and O–H groups in total. The highest BCUT2D eigenvalue weighted by Gasteiger charge is 2.15. The number of carbonyl (C=O) groups is 1. The molecule has 0 unspecified atom stereocenters. The van der Waals surface area contributed by atoms with Gasteiger partial charge in [0.05, 0.1) is 30.0 Å². The second-order valence-corrected chi connectivity index (χ2v) is 6.73. The second kappa shape index (κ2) is 8.41. The van der Waals surface area contributed by atoms with Gasteiger partial charge in [-0.3, -0.25) is 4.79 Å². The molecule has 140 valence electrons. The maximum Gasteiger partial charge on any atom is 0.270 e. The molecule has 1 amide bonds. The van der Waals surface area contributed by atoms with E-state index in [0.717, 1.165) is 4.47 Å². The average Bonchev–Trinajstić information content (AvgIpc) is 2.67. The Hall–Kier alpha value is -2.58. The minimum absolute atomic E-state index is 0.0498. The first-order valence-electron chi connectivity index (χ1n) is 8.13. The van der Waals surface area contributed by atoms with Crippen LogP contribution < -0.4 is 10.6 Å². The zero-order valence-corrected chi connectivity index (χ0v) is 15.6. The minimum atomic E-state index is -1.55. The normalized spacial score (nSPS) is 12.0. The molecule has 0 bridgehead atoms. The van der Waals surface area contributed by atoms with Gasteiger partial charge in [0, 0.05) is 9.86 Å². The van der Waals surface area contributed by atoms with Crippen molar-refractivity contribution in [2.45, 2.75) is 6.17 Å². The van der Waals surface area contributed by atoms with Gasteiger partial charge in [0.15, 0.2) is 0 Å². The number of aromatic nitrogens is 1. The first kappa shape index (κ1) is 19.2. The summed E-state index contributed by atoms with van der Waals surface area (Å²) in [6.07, 6.45) is -1.55. The Labute approximate surface area is 162 Å². The van der Waals surface area contributed by atoms with Gasteiger partial charge in [-0.25, -0.2) is 13.8 Å². The first-order valence-corrected chi connectivity index (χ1v) is 8.92. The van der Waals surface area contributed by atoms with Crippen molar-refractivity contribution >= 4 is 44.1 Å². The lowest BCUT2D eigenvalue weighted by Crippen LogP contribution is -2.32. The monoisotopic (exact) mass is 435 g/mol. The Balaban J connectivity index is 2.00. The van der Waals surface area contributed by atoms with Crippen LogP contribution in [0.2, 0.25) is 0 Å². The molecule has 5 nitrogen and oxygen atoms in total. The van der Waals surface area contributed by atoms with Crippen molar-refractivity contribution in [2.75, 3.05) is 18.5 Å². The highest BCUT2D eigenvalue weighted by molar-refractivity contribution is 9.10. The average molecular weight is 436 g/mol. The van der Waals surface area contributed by atoms with Crippen LogP contribution in [0, 0.1) is 5.82 Å². The highest BCUT2D eigenvalue weighted by atomic mass is 79.9. The number of nitrogens with zero attached hydrogens (tertiary/aromatic N) is 1. The number of hydrogen-bond donors (Lipinski definition) is 3. The van der Waals surface area contributed by atoms with Crippen LogP contribution in [0.3, 0.4) is 0 Å². The molecule has 0 aliphatic carbocycles. The second-order valence-electron chi connectivity index (χ2n) is 5.81. The fraction of sp³-hybridized carbons (Fsp3) is 0.158. The molecule has 3 aromatic rings. The molecule has 1 heterocycles. The lowest BCUT2D eigenvalue weighted by Gasteiger charge is -2.13. The summed E-state index contributed by atoms with van der Waals surface area (Å²) in [5, 5.41) is 14.8. The van der Waals surface area contributed by atoms with E-state index in [1.807, 2.05) is 0 Å². The van der Waals surface area contributed by atoms with E-state index in [-0.39, 0.29) is 17.9 Å². The predicted molar refractivity (Wildman–Crippen MR) is 103 cm³/mol. The van der Waals surface area contributed by atoms with E-state index in [2.05, 4.69) is 31.5 Å². The summed E-state index contributed by atoms with van der Waals surface area (Å²) in [6, 6.07) is 12.9. The molecule has 27 heavy (non-hydrogen) atoms. The minimum Gasteiger partial charge on any atom is -0.393 e. The number of pyridine rings is 1. The number of carbonyl (C=O) groups excluding carboxylic acids is 1. The van der Waals surface area contributed by atoms with E-state index in [9.17, 15) is 13.6 Å². The number of alkyl halides is 1. The number of aliphatic hydroxyl groups excluding tert-OH is 1. The maximum absolute atomic E-state index is 14.0. The summed E-state index contributed by atoms with van der Waals surface area (Å²) in [6.45, 7) is -1.01. The van der Waals surface area contributed by atoms with Gasteiger partial charge >= 0.3 is 0 Å². The standard InChI is InChI=1S/C19H16BrF2N3O2/c20-11-5-6-15-13(7-11)17(25-16-4-2-1-3-14(16)22)8-18(24-15)19(27)23-9-12(21)10-26/h1-8,12,26H,9-10H2,(H,23,27)(H,24,25)/t12-/m1/s1. The van der Waals surface area contributed by atoms with Crippen molar-refractivity contribution in [3.8, 4) is 0 Å². The van der Waals surface area contributed by atoms with Crippen LogP contribution in [-0.2, 0) is 0 Å². The molecule has 1 atom stereocenters. The number of hydrogen-bond acceptors (Lipinski definition) is 4. The number of anilines is 2. The van der Waals surface area contributed by atoms with Gasteiger partial charge in [0.2, 0.25) is 0 Å². The summed E-state index contributed by atoms with van der Waals surface area (Å²) in [7, 11) is 0. The Morgan fingerprint density at radius 2 is 1.96 bits per heavy atom. The Bertz CT molecular complexity index is 984. The van der Waals surface area contributed by atoms with Crippen molar-refractivity contribution in [2.24, 2.45) is 0 Å². The largest absolute Gasteiger partial charge is 0.393 e. The van der Waals surface area contributed by atoms with Crippen molar-refractivity contribution < 1.29 is 18.7 Å². The van der Waals surface area contributed by atoms with Gasteiger partial charge in [-0.15, -0.1) is 0 Å². The molecule has 0 radical (unpaired) electrons. The fourth-order valence-electron chi connectivity index (χ4n) is 2.48. The van der Waals surface area contributed by atoms with Crippen LogP contribution in [0.1, 0.15) is 10.5 Å². The molecular formula is C19H16BrF2N3O2. The predicted octanol–water partition coefficient (Wildman–Crippen LogP) is 3.94. The number of para-hydroxylation sites is 1. The lowest BCUT2D eigenvalue weighted by molar-refractivity contribution is 0.0923. The molecule has 0 aliphatic heterocycles. The summed E-state index contributed by atoms with van der Waals surface area (Å²) < 4.78 is 28.0. The lowest BCUT2D eigenvalue weighted by atomic mass is 10.1. The van der Waals surface area contributed by atoms with E-state index in [1.165, 1.54) is 12.1 Å². The smallest absolute Gasteiger partial charge is 0.270 e. The molecule has 3 rings (SSSR count). The number of aliphatic hydroxyl groups is 1. The van der Waals surface area contributed by atoms with Crippen LogP contribution in [0.25, 0.3) is 10.9 Å². The van der Waals surface area contributed by atoms with E-state index in [1.54, 1.807) is 36.4 Å². The molecule has 0 fully saturated rings. The number of benzene rings is 2. The Morgan fingerprint density at radius 3 is 2.70 bits per heavy atom. The van der Waals surface area contributed by atoms with Crippen LogP contribution >= 0.6 is 15.9 Å². The molecule has 2 aromatic carbocycles. The zero-order valence-electron chi connectivity index (χ0n) is 14.0.